The first kappa shape index (κ1) is 29.5. The number of aromatic nitrogens is 1. The predicted molar refractivity (Wildman–Crippen MR) is 168 cm³/mol. The predicted octanol–water partition coefficient (Wildman–Crippen LogP) is 4.86. The molecule has 0 bridgehead atoms. The second kappa shape index (κ2) is 13.0. The number of hydrogen-bond acceptors (Lipinski definition) is 7. The van der Waals surface area contributed by atoms with Crippen LogP contribution in [0, 0.1) is 17.7 Å². The number of fused-ring (bicyclic) bond motifs is 1. The lowest BCUT2D eigenvalue weighted by Crippen LogP contribution is -2.45. The van der Waals surface area contributed by atoms with Gasteiger partial charge < -0.3 is 14.9 Å². The smallest absolute Gasteiger partial charge is 0.255 e. The fourth-order valence-electron chi connectivity index (χ4n) is 5.62. The molecule has 0 aliphatic carbocycles. The summed E-state index contributed by atoms with van der Waals surface area (Å²) in [6.45, 7) is 8.70. The zero-order valence-electron chi connectivity index (χ0n) is 24.3. The molecule has 2 N–H and O–H groups in total. The SMILES string of the molecule is CCN1CCN(Cc2ccc(C#Cc3ccc4c(c3)C(=O)N(C(C(=O)Nc3nccs3)c3cc(F)ccc3O)C4)cc2)CC1. The molecule has 3 heterocycles. The van der Waals surface area contributed by atoms with Crippen molar-refractivity contribution in [1.29, 1.82) is 0 Å². The van der Waals surface area contributed by atoms with Crippen LogP contribution < -0.4 is 5.32 Å². The number of carbonyl (C=O) groups excluding carboxylic acids is 2. The lowest BCUT2D eigenvalue weighted by Gasteiger charge is -2.34. The third kappa shape index (κ3) is 6.50. The second-order valence-electron chi connectivity index (χ2n) is 10.9. The van der Waals surface area contributed by atoms with E-state index in [2.05, 4.69) is 51.0 Å². The highest BCUT2D eigenvalue weighted by molar-refractivity contribution is 7.13. The maximum Gasteiger partial charge on any atom is 0.255 e. The van der Waals surface area contributed by atoms with E-state index in [1.54, 1.807) is 11.4 Å². The molecular formula is C34H32FN5O3S. The van der Waals surface area contributed by atoms with Crippen LogP contribution in [0.1, 0.15) is 51.1 Å². The molecule has 2 aliphatic rings. The molecule has 0 radical (unpaired) electrons. The first-order valence-electron chi connectivity index (χ1n) is 14.6. The van der Waals surface area contributed by atoms with Crippen molar-refractivity contribution in [2.24, 2.45) is 0 Å². The Morgan fingerprint density at radius 2 is 1.75 bits per heavy atom. The van der Waals surface area contributed by atoms with Crippen molar-refractivity contribution in [1.82, 2.24) is 19.7 Å². The summed E-state index contributed by atoms with van der Waals surface area (Å²) in [4.78, 5) is 37.5. The molecule has 2 amide bonds. The van der Waals surface area contributed by atoms with Crippen LogP contribution >= 0.6 is 11.3 Å². The van der Waals surface area contributed by atoms with Gasteiger partial charge in [0.2, 0.25) is 0 Å². The molecule has 2 aliphatic heterocycles. The standard InChI is InChI=1S/C34H32FN5O3S/c1-2-38-14-16-39(17-15-38)21-25-7-4-23(5-8-25)3-6-24-9-10-26-22-40(33(43)28(26)19-24)31(29-20-27(35)11-12-30(29)41)32(42)37-34-36-13-18-44-34/h4-5,7-13,18-20,31,41H,2,14-17,21-22H2,1H3,(H,36,37,42). The molecule has 1 saturated heterocycles. The van der Waals surface area contributed by atoms with Crippen LogP contribution in [0.3, 0.4) is 0 Å². The van der Waals surface area contributed by atoms with Crippen LogP contribution in [0.5, 0.6) is 5.75 Å². The summed E-state index contributed by atoms with van der Waals surface area (Å²) in [6.07, 6.45) is 1.54. The van der Waals surface area contributed by atoms with Gasteiger partial charge in [-0.2, -0.15) is 0 Å². The Morgan fingerprint density at radius 3 is 2.48 bits per heavy atom. The van der Waals surface area contributed by atoms with Gasteiger partial charge in [0, 0.05) is 73.1 Å². The zero-order chi connectivity index (χ0) is 30.6. The number of aromatic hydroxyl groups is 1. The van der Waals surface area contributed by atoms with E-state index in [-0.39, 0.29) is 17.9 Å². The third-order valence-electron chi connectivity index (χ3n) is 8.07. The summed E-state index contributed by atoms with van der Waals surface area (Å²) < 4.78 is 14.3. The molecule has 224 valence electrons. The van der Waals surface area contributed by atoms with Crippen LogP contribution in [0.4, 0.5) is 9.52 Å². The first-order chi connectivity index (χ1) is 21.4. The van der Waals surface area contributed by atoms with Gasteiger partial charge in [0.15, 0.2) is 5.13 Å². The Balaban J connectivity index is 1.18. The minimum absolute atomic E-state index is 0.00751. The average molecular weight is 610 g/mol. The number of phenolic OH excluding ortho intramolecular Hbond substituents is 1. The minimum Gasteiger partial charge on any atom is -0.508 e. The number of rotatable bonds is 7. The number of phenols is 1. The number of halogens is 1. The number of carbonyl (C=O) groups is 2. The zero-order valence-corrected chi connectivity index (χ0v) is 25.1. The van der Waals surface area contributed by atoms with E-state index in [1.807, 2.05) is 24.3 Å². The minimum atomic E-state index is -1.28. The van der Waals surface area contributed by atoms with E-state index in [1.165, 1.54) is 34.1 Å². The number of benzene rings is 3. The van der Waals surface area contributed by atoms with Gasteiger partial charge in [-0.3, -0.25) is 19.8 Å². The van der Waals surface area contributed by atoms with Gasteiger partial charge >= 0.3 is 0 Å². The van der Waals surface area contributed by atoms with E-state index in [9.17, 15) is 19.1 Å². The fourth-order valence-corrected chi connectivity index (χ4v) is 6.16. The Bertz CT molecular complexity index is 1720. The number of thiazole rings is 1. The molecule has 0 spiro atoms. The molecule has 1 unspecified atom stereocenters. The normalized spacial score (nSPS) is 15.9. The summed E-state index contributed by atoms with van der Waals surface area (Å²) in [5, 5.41) is 15.3. The molecule has 1 fully saturated rings. The van der Waals surface area contributed by atoms with Crippen molar-refractivity contribution in [3.8, 4) is 17.6 Å². The monoisotopic (exact) mass is 609 g/mol. The van der Waals surface area contributed by atoms with Gasteiger partial charge in [-0.1, -0.05) is 37.0 Å². The fraction of sp³-hybridized carbons (Fsp3) is 0.265. The lowest BCUT2D eigenvalue weighted by atomic mass is 10.0. The summed E-state index contributed by atoms with van der Waals surface area (Å²) in [5.74, 6) is 4.42. The molecule has 6 rings (SSSR count). The molecule has 1 aromatic heterocycles. The van der Waals surface area contributed by atoms with Crippen LogP contribution in [0.25, 0.3) is 0 Å². The number of piperazine rings is 1. The Hall–Kier alpha value is -4.56. The van der Waals surface area contributed by atoms with Crippen LogP contribution in [-0.2, 0) is 17.9 Å². The third-order valence-corrected chi connectivity index (χ3v) is 8.76. The molecule has 4 aromatic rings. The van der Waals surface area contributed by atoms with Gasteiger partial charge in [-0.25, -0.2) is 9.37 Å². The van der Waals surface area contributed by atoms with Gasteiger partial charge in [0.1, 0.15) is 17.6 Å². The Labute approximate surface area is 259 Å². The number of nitrogens with zero attached hydrogens (tertiary/aromatic N) is 4. The summed E-state index contributed by atoms with van der Waals surface area (Å²) in [6, 6.07) is 15.7. The van der Waals surface area contributed by atoms with Crippen molar-refractivity contribution >= 4 is 28.3 Å². The van der Waals surface area contributed by atoms with E-state index in [0.29, 0.717) is 21.8 Å². The van der Waals surface area contributed by atoms with E-state index < -0.39 is 23.7 Å². The highest BCUT2D eigenvalue weighted by atomic mass is 32.1. The number of hydrogen-bond donors (Lipinski definition) is 2. The topological polar surface area (TPSA) is 89.0 Å². The van der Waals surface area contributed by atoms with Gasteiger partial charge in [-0.05, 0) is 60.1 Å². The molecule has 44 heavy (non-hydrogen) atoms. The van der Waals surface area contributed by atoms with Crippen molar-refractivity contribution in [2.45, 2.75) is 26.1 Å². The number of likely N-dealkylation sites (N-methyl/N-ethyl adjacent to an activating group) is 1. The van der Waals surface area contributed by atoms with Crippen molar-refractivity contribution in [2.75, 3.05) is 38.0 Å². The van der Waals surface area contributed by atoms with Crippen molar-refractivity contribution in [3.63, 3.8) is 0 Å². The molecular weight excluding hydrogens is 577 g/mol. The van der Waals surface area contributed by atoms with E-state index in [0.717, 1.165) is 57.0 Å². The highest BCUT2D eigenvalue weighted by Gasteiger charge is 2.39. The number of nitrogens with one attached hydrogen (secondary N) is 1. The quantitative estimate of drug-likeness (QED) is 0.291. The van der Waals surface area contributed by atoms with Gasteiger partial charge in [0.25, 0.3) is 11.8 Å². The molecule has 10 heteroatoms. The number of anilines is 1. The second-order valence-corrected chi connectivity index (χ2v) is 11.8. The molecule has 1 atom stereocenters. The summed E-state index contributed by atoms with van der Waals surface area (Å²) in [7, 11) is 0. The largest absolute Gasteiger partial charge is 0.508 e. The van der Waals surface area contributed by atoms with Crippen molar-refractivity contribution in [3.05, 3.63) is 111 Å². The van der Waals surface area contributed by atoms with E-state index >= 15 is 0 Å². The molecule has 0 saturated carbocycles. The van der Waals surface area contributed by atoms with E-state index in [4.69, 9.17) is 0 Å². The van der Waals surface area contributed by atoms with Gasteiger partial charge in [-0.15, -0.1) is 11.3 Å². The Morgan fingerprint density at radius 1 is 1.02 bits per heavy atom. The number of amides is 2. The summed E-state index contributed by atoms with van der Waals surface area (Å²) in [5.41, 5.74) is 3.91. The van der Waals surface area contributed by atoms with Gasteiger partial charge in [0.05, 0.1) is 0 Å². The molecule has 3 aromatic carbocycles. The Kier molecular flexibility index (Phi) is 8.70. The summed E-state index contributed by atoms with van der Waals surface area (Å²) >= 11 is 1.21. The molecule has 8 nitrogen and oxygen atoms in total. The average Bonchev–Trinajstić information content (AvgIpc) is 3.66. The van der Waals surface area contributed by atoms with Crippen molar-refractivity contribution < 1.29 is 19.1 Å². The highest BCUT2D eigenvalue weighted by Crippen LogP contribution is 2.36. The van der Waals surface area contributed by atoms with Crippen LogP contribution in [0.2, 0.25) is 0 Å². The maximum absolute atomic E-state index is 14.3. The first-order valence-corrected chi connectivity index (χ1v) is 15.4. The van der Waals surface area contributed by atoms with Crippen LogP contribution in [0.15, 0.2) is 72.2 Å². The maximum atomic E-state index is 14.3. The lowest BCUT2D eigenvalue weighted by molar-refractivity contribution is -0.120. The van der Waals surface area contributed by atoms with Crippen LogP contribution in [-0.4, -0.2) is 69.3 Å².